The molecule has 1 N–H and O–H groups in total. The Bertz CT molecular complexity index is 657. The van der Waals surface area contributed by atoms with Crippen LogP contribution >= 0.6 is 0 Å². The quantitative estimate of drug-likeness (QED) is 0.929. The Kier molecular flexibility index (Phi) is 3.93. The normalized spacial score (nSPS) is 10.8. The lowest BCUT2D eigenvalue weighted by molar-refractivity contribution is 0.0697. The summed E-state index contributed by atoms with van der Waals surface area (Å²) in [5, 5.41) is 14.0. The zero-order valence-electron chi connectivity index (χ0n) is 12.4. The van der Waals surface area contributed by atoms with E-state index in [2.05, 4.69) is 12.0 Å². The van der Waals surface area contributed by atoms with Gasteiger partial charge < -0.3 is 5.11 Å². The molecule has 0 aliphatic heterocycles. The number of rotatable bonds is 4. The van der Waals surface area contributed by atoms with E-state index in [4.69, 9.17) is 0 Å². The summed E-state index contributed by atoms with van der Waals surface area (Å²) in [6.07, 6.45) is 1.61. The molecule has 2 rings (SSSR count). The van der Waals surface area contributed by atoms with E-state index in [9.17, 15) is 9.90 Å². The minimum absolute atomic E-state index is 0.349. The molecule has 0 radical (unpaired) electrons. The SMILES string of the molecule is CCc1nn(C)c(CC)c1-c1ccc(C)cc1C(=O)O. The van der Waals surface area contributed by atoms with Gasteiger partial charge in [-0.25, -0.2) is 4.79 Å². The van der Waals surface area contributed by atoms with E-state index in [1.54, 1.807) is 6.07 Å². The molecule has 106 valence electrons. The van der Waals surface area contributed by atoms with Crippen molar-refractivity contribution in [1.29, 1.82) is 0 Å². The Morgan fingerprint density at radius 3 is 2.55 bits per heavy atom. The highest BCUT2D eigenvalue weighted by Crippen LogP contribution is 2.31. The summed E-state index contributed by atoms with van der Waals surface area (Å²) in [7, 11) is 1.91. The van der Waals surface area contributed by atoms with Gasteiger partial charge >= 0.3 is 5.97 Å². The lowest BCUT2D eigenvalue weighted by Gasteiger charge is -2.10. The molecule has 0 amide bonds. The first-order valence-electron chi connectivity index (χ1n) is 6.88. The van der Waals surface area contributed by atoms with E-state index in [1.165, 1.54) is 0 Å². The molecule has 2 aromatic rings. The second-order valence-corrected chi connectivity index (χ2v) is 4.95. The topological polar surface area (TPSA) is 55.1 Å². The molecule has 20 heavy (non-hydrogen) atoms. The van der Waals surface area contributed by atoms with E-state index in [0.717, 1.165) is 40.9 Å². The summed E-state index contributed by atoms with van der Waals surface area (Å²) in [5.41, 5.74) is 5.08. The van der Waals surface area contributed by atoms with Crippen molar-refractivity contribution >= 4 is 5.97 Å². The average molecular weight is 272 g/mol. The smallest absolute Gasteiger partial charge is 0.336 e. The highest BCUT2D eigenvalue weighted by molar-refractivity contribution is 5.97. The van der Waals surface area contributed by atoms with Crippen LogP contribution in [0.5, 0.6) is 0 Å². The van der Waals surface area contributed by atoms with Gasteiger partial charge in [-0.3, -0.25) is 4.68 Å². The van der Waals surface area contributed by atoms with Gasteiger partial charge in [-0.1, -0.05) is 31.5 Å². The lowest BCUT2D eigenvalue weighted by Crippen LogP contribution is -2.03. The Morgan fingerprint density at radius 1 is 1.30 bits per heavy atom. The van der Waals surface area contributed by atoms with Crippen LogP contribution in [-0.4, -0.2) is 20.9 Å². The number of carboxylic acids is 1. The largest absolute Gasteiger partial charge is 0.478 e. The van der Waals surface area contributed by atoms with Gasteiger partial charge in [0, 0.05) is 18.3 Å². The summed E-state index contributed by atoms with van der Waals surface area (Å²) in [4.78, 5) is 11.5. The Labute approximate surface area is 119 Å². The molecule has 1 aromatic carbocycles. The Balaban J connectivity index is 2.77. The van der Waals surface area contributed by atoms with Crippen molar-refractivity contribution < 1.29 is 9.90 Å². The molecule has 0 unspecified atom stereocenters. The molecule has 0 spiro atoms. The zero-order chi connectivity index (χ0) is 14.9. The molecule has 0 fully saturated rings. The second-order valence-electron chi connectivity index (χ2n) is 4.95. The summed E-state index contributed by atoms with van der Waals surface area (Å²) < 4.78 is 1.86. The second kappa shape index (κ2) is 5.49. The van der Waals surface area contributed by atoms with Crippen LogP contribution in [0.4, 0.5) is 0 Å². The van der Waals surface area contributed by atoms with Crippen LogP contribution in [0.3, 0.4) is 0 Å². The fourth-order valence-corrected chi connectivity index (χ4v) is 2.64. The number of aromatic nitrogens is 2. The van der Waals surface area contributed by atoms with Crippen molar-refractivity contribution in [3.8, 4) is 11.1 Å². The minimum atomic E-state index is -0.892. The van der Waals surface area contributed by atoms with E-state index in [-0.39, 0.29) is 0 Å². The monoisotopic (exact) mass is 272 g/mol. The standard InChI is InChI=1S/C16H20N2O2/c1-5-13-15(14(6-2)18(4)17-13)11-8-7-10(3)9-12(11)16(19)20/h7-9H,5-6H2,1-4H3,(H,19,20). The van der Waals surface area contributed by atoms with Gasteiger partial charge in [0.25, 0.3) is 0 Å². The van der Waals surface area contributed by atoms with Crippen molar-refractivity contribution in [2.45, 2.75) is 33.6 Å². The van der Waals surface area contributed by atoms with Gasteiger partial charge in [-0.15, -0.1) is 0 Å². The fourth-order valence-electron chi connectivity index (χ4n) is 2.64. The predicted molar refractivity (Wildman–Crippen MR) is 79.1 cm³/mol. The average Bonchev–Trinajstić information content (AvgIpc) is 2.74. The maximum absolute atomic E-state index is 11.5. The van der Waals surface area contributed by atoms with Gasteiger partial charge in [0.05, 0.1) is 11.3 Å². The van der Waals surface area contributed by atoms with Crippen molar-refractivity contribution in [3.63, 3.8) is 0 Å². The van der Waals surface area contributed by atoms with Crippen LogP contribution in [0.25, 0.3) is 11.1 Å². The minimum Gasteiger partial charge on any atom is -0.478 e. The third-order valence-corrected chi connectivity index (χ3v) is 3.58. The molecule has 1 aromatic heterocycles. The van der Waals surface area contributed by atoms with E-state index < -0.39 is 5.97 Å². The summed E-state index contributed by atoms with van der Waals surface area (Å²) in [6.45, 7) is 6.01. The molecular formula is C16H20N2O2. The molecule has 0 saturated carbocycles. The number of benzene rings is 1. The van der Waals surface area contributed by atoms with Gasteiger partial charge in [0.15, 0.2) is 0 Å². The van der Waals surface area contributed by atoms with E-state index >= 15 is 0 Å². The highest BCUT2D eigenvalue weighted by atomic mass is 16.4. The molecule has 1 heterocycles. The number of aryl methyl sites for hydroxylation is 3. The van der Waals surface area contributed by atoms with Gasteiger partial charge in [0.1, 0.15) is 0 Å². The Hall–Kier alpha value is -2.10. The van der Waals surface area contributed by atoms with Gasteiger partial charge in [0.2, 0.25) is 0 Å². The van der Waals surface area contributed by atoms with Gasteiger partial charge in [-0.05, 0) is 31.4 Å². The van der Waals surface area contributed by atoms with Crippen LogP contribution in [0.2, 0.25) is 0 Å². The Morgan fingerprint density at radius 2 is 2.00 bits per heavy atom. The van der Waals surface area contributed by atoms with Crippen molar-refractivity contribution in [3.05, 3.63) is 40.7 Å². The summed E-state index contributed by atoms with van der Waals surface area (Å²) in [5.74, 6) is -0.892. The summed E-state index contributed by atoms with van der Waals surface area (Å²) >= 11 is 0. The lowest BCUT2D eigenvalue weighted by atomic mass is 9.94. The van der Waals surface area contributed by atoms with Crippen LogP contribution < -0.4 is 0 Å². The molecular weight excluding hydrogens is 252 g/mol. The van der Waals surface area contributed by atoms with Gasteiger partial charge in [-0.2, -0.15) is 5.10 Å². The number of carbonyl (C=O) groups is 1. The van der Waals surface area contributed by atoms with Crippen LogP contribution in [0.15, 0.2) is 18.2 Å². The molecule has 0 saturated heterocycles. The molecule has 0 aliphatic carbocycles. The molecule has 0 aliphatic rings. The first kappa shape index (κ1) is 14.3. The van der Waals surface area contributed by atoms with Crippen LogP contribution in [0.1, 0.15) is 41.2 Å². The molecule has 0 atom stereocenters. The third-order valence-electron chi connectivity index (χ3n) is 3.58. The maximum atomic E-state index is 11.5. The third kappa shape index (κ3) is 2.33. The van der Waals surface area contributed by atoms with Crippen molar-refractivity contribution in [2.24, 2.45) is 7.05 Å². The molecule has 4 heteroatoms. The van der Waals surface area contributed by atoms with Crippen molar-refractivity contribution in [1.82, 2.24) is 9.78 Å². The van der Waals surface area contributed by atoms with Crippen LogP contribution in [-0.2, 0) is 19.9 Å². The first-order chi connectivity index (χ1) is 9.49. The number of carboxylic acid groups (broad SMARTS) is 1. The number of nitrogens with zero attached hydrogens (tertiary/aromatic N) is 2. The number of hydrogen-bond donors (Lipinski definition) is 1. The summed E-state index contributed by atoms with van der Waals surface area (Å²) in [6, 6.07) is 5.57. The molecule has 0 bridgehead atoms. The fraction of sp³-hybridized carbons (Fsp3) is 0.375. The van der Waals surface area contributed by atoms with Crippen LogP contribution in [0, 0.1) is 6.92 Å². The predicted octanol–water partition coefficient (Wildman–Crippen LogP) is 3.22. The van der Waals surface area contributed by atoms with Crippen molar-refractivity contribution in [2.75, 3.05) is 0 Å². The maximum Gasteiger partial charge on any atom is 0.336 e. The van der Waals surface area contributed by atoms with E-state index in [0.29, 0.717) is 5.56 Å². The first-order valence-corrected chi connectivity index (χ1v) is 6.88. The highest BCUT2D eigenvalue weighted by Gasteiger charge is 2.20. The number of aromatic carboxylic acids is 1. The van der Waals surface area contributed by atoms with E-state index in [1.807, 2.05) is 37.7 Å². The molecule has 4 nitrogen and oxygen atoms in total. The number of hydrogen-bond acceptors (Lipinski definition) is 2. The zero-order valence-corrected chi connectivity index (χ0v) is 12.4.